The fourth-order valence-electron chi connectivity index (χ4n) is 1.18. The van der Waals surface area contributed by atoms with Gasteiger partial charge in [0.2, 0.25) is 0 Å². The molecule has 0 fully saturated rings. The van der Waals surface area contributed by atoms with Crippen molar-refractivity contribution in [3.63, 3.8) is 0 Å². The molecule has 0 unspecified atom stereocenters. The van der Waals surface area contributed by atoms with E-state index in [0.29, 0.717) is 13.1 Å². The maximum absolute atomic E-state index is 5.41. The molecule has 0 spiro atoms. The van der Waals surface area contributed by atoms with Crippen molar-refractivity contribution >= 4 is 27.5 Å². The van der Waals surface area contributed by atoms with Gasteiger partial charge in [-0.3, -0.25) is 0 Å². The summed E-state index contributed by atoms with van der Waals surface area (Å²) in [6, 6.07) is 0. The van der Waals surface area contributed by atoms with Gasteiger partial charge in [-0.1, -0.05) is 0 Å². The molecule has 14 heavy (non-hydrogen) atoms. The Labute approximate surface area is 85.4 Å². The fraction of sp³-hybridized carbons (Fsp3) is 0.375. The summed E-state index contributed by atoms with van der Waals surface area (Å²) in [6.45, 7) is 3.14. The van der Waals surface area contributed by atoms with Crippen LogP contribution in [0.4, 0.5) is 5.82 Å². The summed E-state index contributed by atoms with van der Waals surface area (Å²) in [6.07, 6.45) is 0. The lowest BCUT2D eigenvalue weighted by Gasteiger charge is -2.04. The second kappa shape index (κ2) is 3.85. The first-order valence-electron chi connectivity index (χ1n) is 4.33. The van der Waals surface area contributed by atoms with Crippen LogP contribution in [-0.4, -0.2) is 28.0 Å². The Morgan fingerprint density at radius 3 is 3.14 bits per heavy atom. The van der Waals surface area contributed by atoms with Crippen molar-refractivity contribution in [2.45, 2.75) is 6.92 Å². The molecule has 74 valence electrons. The van der Waals surface area contributed by atoms with Crippen LogP contribution >= 0.6 is 11.3 Å². The van der Waals surface area contributed by atoms with Crippen LogP contribution in [0.3, 0.4) is 0 Å². The number of nitrogens with one attached hydrogen (secondary N) is 1. The topological polar surface area (TPSA) is 76.7 Å². The quantitative estimate of drug-likeness (QED) is 0.780. The number of anilines is 1. The van der Waals surface area contributed by atoms with Crippen LogP contribution in [-0.2, 0) is 0 Å². The number of aromatic nitrogens is 3. The zero-order valence-electron chi connectivity index (χ0n) is 7.82. The van der Waals surface area contributed by atoms with Crippen molar-refractivity contribution in [3.05, 3.63) is 11.3 Å². The number of thiazole rings is 1. The minimum absolute atomic E-state index is 0.578. The predicted octanol–water partition coefficient (Wildman–Crippen LogP) is 0.765. The largest absolute Gasteiger partial charge is 0.367 e. The summed E-state index contributed by atoms with van der Waals surface area (Å²) in [4.78, 5) is 13.7. The van der Waals surface area contributed by atoms with Crippen molar-refractivity contribution in [2.75, 3.05) is 18.4 Å². The molecule has 6 heteroatoms. The van der Waals surface area contributed by atoms with E-state index in [4.69, 9.17) is 5.73 Å². The van der Waals surface area contributed by atoms with E-state index in [-0.39, 0.29) is 0 Å². The number of aryl methyl sites for hydroxylation is 1. The Balaban J connectivity index is 2.44. The molecule has 0 saturated heterocycles. The van der Waals surface area contributed by atoms with E-state index >= 15 is 0 Å². The van der Waals surface area contributed by atoms with Crippen molar-refractivity contribution in [3.8, 4) is 0 Å². The van der Waals surface area contributed by atoms with E-state index in [1.54, 1.807) is 5.51 Å². The van der Waals surface area contributed by atoms with E-state index in [1.807, 2.05) is 6.92 Å². The molecular formula is C8H11N5S. The number of fused-ring (bicyclic) bond motifs is 1. The number of nitrogens with zero attached hydrogens (tertiary/aromatic N) is 3. The SMILES string of the molecule is Cc1nc(NCCN)c2ncsc2n1. The maximum Gasteiger partial charge on any atom is 0.157 e. The number of hydrogen-bond donors (Lipinski definition) is 2. The summed E-state index contributed by atoms with van der Waals surface area (Å²) in [7, 11) is 0. The molecule has 5 nitrogen and oxygen atoms in total. The molecule has 0 saturated carbocycles. The van der Waals surface area contributed by atoms with Crippen molar-refractivity contribution in [2.24, 2.45) is 5.73 Å². The molecule has 0 aliphatic rings. The average Bonchev–Trinajstić information content (AvgIpc) is 2.61. The van der Waals surface area contributed by atoms with E-state index in [2.05, 4.69) is 20.3 Å². The van der Waals surface area contributed by atoms with Crippen LogP contribution < -0.4 is 11.1 Å². The number of hydrogen-bond acceptors (Lipinski definition) is 6. The molecule has 0 atom stereocenters. The lowest BCUT2D eigenvalue weighted by atomic mass is 10.4. The van der Waals surface area contributed by atoms with Gasteiger partial charge in [0.25, 0.3) is 0 Å². The van der Waals surface area contributed by atoms with Crippen LogP contribution in [0.15, 0.2) is 5.51 Å². The third kappa shape index (κ3) is 1.66. The summed E-state index contributed by atoms with van der Waals surface area (Å²) in [5.41, 5.74) is 8.01. The summed E-state index contributed by atoms with van der Waals surface area (Å²) in [5, 5.41) is 3.13. The van der Waals surface area contributed by atoms with Crippen LogP contribution in [0.2, 0.25) is 0 Å². The van der Waals surface area contributed by atoms with Gasteiger partial charge < -0.3 is 11.1 Å². The Morgan fingerprint density at radius 1 is 1.50 bits per heavy atom. The molecular weight excluding hydrogens is 198 g/mol. The van der Waals surface area contributed by atoms with Gasteiger partial charge in [0.15, 0.2) is 5.82 Å². The van der Waals surface area contributed by atoms with Gasteiger partial charge in [0, 0.05) is 13.1 Å². The highest BCUT2D eigenvalue weighted by Gasteiger charge is 2.06. The van der Waals surface area contributed by atoms with Crippen LogP contribution in [0.5, 0.6) is 0 Å². The minimum Gasteiger partial charge on any atom is -0.367 e. The Morgan fingerprint density at radius 2 is 2.36 bits per heavy atom. The predicted molar refractivity (Wildman–Crippen MR) is 57.5 cm³/mol. The van der Waals surface area contributed by atoms with Crippen molar-refractivity contribution < 1.29 is 0 Å². The highest BCUT2D eigenvalue weighted by Crippen LogP contribution is 2.21. The smallest absolute Gasteiger partial charge is 0.157 e. The highest BCUT2D eigenvalue weighted by molar-refractivity contribution is 7.16. The van der Waals surface area contributed by atoms with E-state index in [0.717, 1.165) is 22.0 Å². The number of rotatable bonds is 3. The molecule has 0 aromatic carbocycles. The molecule has 2 heterocycles. The van der Waals surface area contributed by atoms with Crippen LogP contribution in [0, 0.1) is 6.92 Å². The molecule has 0 aliphatic heterocycles. The second-order valence-electron chi connectivity index (χ2n) is 2.84. The van der Waals surface area contributed by atoms with Gasteiger partial charge in [0.05, 0.1) is 5.51 Å². The fourth-order valence-corrected chi connectivity index (χ4v) is 1.89. The number of nitrogens with two attached hydrogens (primary N) is 1. The van der Waals surface area contributed by atoms with Gasteiger partial charge >= 0.3 is 0 Å². The first kappa shape index (κ1) is 9.29. The van der Waals surface area contributed by atoms with E-state index in [9.17, 15) is 0 Å². The molecule has 0 amide bonds. The molecule has 2 rings (SSSR count). The Bertz CT molecular complexity index is 438. The second-order valence-corrected chi connectivity index (χ2v) is 3.67. The monoisotopic (exact) mass is 209 g/mol. The molecule has 0 aliphatic carbocycles. The molecule has 2 aromatic rings. The van der Waals surface area contributed by atoms with E-state index < -0.39 is 0 Å². The zero-order valence-corrected chi connectivity index (χ0v) is 8.64. The lowest BCUT2D eigenvalue weighted by Crippen LogP contribution is -2.14. The van der Waals surface area contributed by atoms with Crippen LogP contribution in [0.1, 0.15) is 5.82 Å². The third-order valence-corrected chi connectivity index (χ3v) is 2.47. The van der Waals surface area contributed by atoms with E-state index in [1.165, 1.54) is 11.3 Å². The lowest BCUT2D eigenvalue weighted by molar-refractivity contribution is 0.997. The van der Waals surface area contributed by atoms with Gasteiger partial charge in [0.1, 0.15) is 16.2 Å². The highest BCUT2D eigenvalue weighted by atomic mass is 32.1. The Hall–Kier alpha value is -1.27. The first-order chi connectivity index (χ1) is 6.81. The molecule has 0 bridgehead atoms. The van der Waals surface area contributed by atoms with Gasteiger partial charge in [-0.25, -0.2) is 15.0 Å². The summed E-state index contributed by atoms with van der Waals surface area (Å²) < 4.78 is 0. The third-order valence-electron chi connectivity index (χ3n) is 1.75. The average molecular weight is 209 g/mol. The summed E-state index contributed by atoms with van der Waals surface area (Å²) in [5.74, 6) is 1.53. The molecule has 3 N–H and O–H groups in total. The Kier molecular flexibility index (Phi) is 2.55. The zero-order chi connectivity index (χ0) is 9.97. The normalized spacial score (nSPS) is 10.7. The molecule has 0 radical (unpaired) electrons. The minimum atomic E-state index is 0.578. The van der Waals surface area contributed by atoms with Gasteiger partial charge in [-0.15, -0.1) is 11.3 Å². The van der Waals surface area contributed by atoms with Gasteiger partial charge in [-0.2, -0.15) is 0 Å². The maximum atomic E-state index is 5.41. The summed E-state index contributed by atoms with van der Waals surface area (Å²) >= 11 is 1.52. The van der Waals surface area contributed by atoms with Gasteiger partial charge in [-0.05, 0) is 6.92 Å². The standard InChI is InChI=1S/C8H11N5S/c1-5-12-7(10-3-2-9)6-8(13-5)14-4-11-6/h4H,2-3,9H2,1H3,(H,10,12,13). The molecule has 2 aromatic heterocycles. The first-order valence-corrected chi connectivity index (χ1v) is 5.21. The van der Waals surface area contributed by atoms with Crippen molar-refractivity contribution in [1.82, 2.24) is 15.0 Å². The van der Waals surface area contributed by atoms with Crippen molar-refractivity contribution in [1.29, 1.82) is 0 Å². The van der Waals surface area contributed by atoms with Crippen LogP contribution in [0.25, 0.3) is 10.3 Å².